The molecule has 2 heterocycles. The lowest BCUT2D eigenvalue weighted by Gasteiger charge is -2.24. The van der Waals surface area contributed by atoms with Gasteiger partial charge in [-0.3, -0.25) is 4.79 Å². The summed E-state index contributed by atoms with van der Waals surface area (Å²) in [4.78, 5) is 11.7. The van der Waals surface area contributed by atoms with Gasteiger partial charge in [-0.2, -0.15) is 0 Å². The molecule has 80 valence electrons. The molecule has 1 atom stereocenters. The summed E-state index contributed by atoms with van der Waals surface area (Å²) in [5, 5.41) is 6.33. The summed E-state index contributed by atoms with van der Waals surface area (Å²) in [6.45, 7) is 2.76. The number of hydrogen-bond donors (Lipinski definition) is 2. The molecule has 0 aromatic rings. The maximum absolute atomic E-state index is 11.7. The third kappa shape index (κ3) is 2.45. The summed E-state index contributed by atoms with van der Waals surface area (Å²) >= 11 is 0. The predicted octanol–water partition coefficient (Wildman–Crippen LogP) is 0.0336. The summed E-state index contributed by atoms with van der Waals surface area (Å²) in [5.74, 6) is 0.0920. The third-order valence-corrected chi connectivity index (χ3v) is 2.91. The van der Waals surface area contributed by atoms with Crippen LogP contribution in [0.4, 0.5) is 0 Å². The van der Waals surface area contributed by atoms with Gasteiger partial charge < -0.3 is 15.4 Å². The molecule has 0 aromatic carbocycles. The van der Waals surface area contributed by atoms with Gasteiger partial charge in [0, 0.05) is 12.6 Å². The van der Waals surface area contributed by atoms with Gasteiger partial charge >= 0.3 is 0 Å². The Morgan fingerprint density at radius 2 is 2.07 bits per heavy atom. The summed E-state index contributed by atoms with van der Waals surface area (Å²) in [7, 11) is 0. The van der Waals surface area contributed by atoms with E-state index >= 15 is 0 Å². The smallest absolute Gasteiger partial charge is 0.249 e. The molecule has 14 heavy (non-hydrogen) atoms. The van der Waals surface area contributed by atoms with Crippen LogP contribution >= 0.6 is 0 Å². The van der Waals surface area contributed by atoms with Crippen LogP contribution in [0.25, 0.3) is 0 Å². The normalized spacial score (nSPS) is 29.0. The lowest BCUT2D eigenvalue weighted by molar-refractivity contribution is -0.130. The molecule has 2 N–H and O–H groups in total. The van der Waals surface area contributed by atoms with Crippen LogP contribution in [-0.2, 0) is 9.53 Å². The fourth-order valence-electron chi connectivity index (χ4n) is 2.04. The van der Waals surface area contributed by atoms with E-state index in [4.69, 9.17) is 4.74 Å². The van der Waals surface area contributed by atoms with Gasteiger partial charge in [0.1, 0.15) is 6.10 Å². The summed E-state index contributed by atoms with van der Waals surface area (Å²) in [6, 6.07) is 0.355. The fraction of sp³-hybridized carbons (Fsp3) is 0.900. The van der Waals surface area contributed by atoms with E-state index in [1.54, 1.807) is 0 Å². The molecule has 4 nitrogen and oxygen atoms in total. The lowest BCUT2D eigenvalue weighted by atomic mass is 10.1. The summed E-state index contributed by atoms with van der Waals surface area (Å²) in [5.41, 5.74) is 0. The van der Waals surface area contributed by atoms with Crippen molar-refractivity contribution in [3.05, 3.63) is 0 Å². The van der Waals surface area contributed by atoms with Gasteiger partial charge in [-0.05, 0) is 38.8 Å². The van der Waals surface area contributed by atoms with Crippen LogP contribution in [0.15, 0.2) is 0 Å². The van der Waals surface area contributed by atoms with E-state index in [0.29, 0.717) is 6.04 Å². The van der Waals surface area contributed by atoms with Crippen molar-refractivity contribution in [2.24, 2.45) is 0 Å². The van der Waals surface area contributed by atoms with E-state index in [1.165, 1.54) is 0 Å². The van der Waals surface area contributed by atoms with Crippen molar-refractivity contribution in [3.8, 4) is 0 Å². The first-order chi connectivity index (χ1) is 6.86. The Morgan fingerprint density at radius 3 is 2.71 bits per heavy atom. The second kappa shape index (κ2) is 4.75. The van der Waals surface area contributed by atoms with Gasteiger partial charge in [-0.15, -0.1) is 0 Å². The maximum atomic E-state index is 11.7. The second-order valence-corrected chi connectivity index (χ2v) is 4.03. The van der Waals surface area contributed by atoms with Crippen LogP contribution in [-0.4, -0.2) is 37.7 Å². The first-order valence-electron chi connectivity index (χ1n) is 5.49. The summed E-state index contributed by atoms with van der Waals surface area (Å²) < 4.78 is 5.33. The van der Waals surface area contributed by atoms with Crippen molar-refractivity contribution in [3.63, 3.8) is 0 Å². The SMILES string of the molecule is O=C(NC1CCNCC1)[C@@H]1CCCO1. The Bertz CT molecular complexity index is 196. The third-order valence-electron chi connectivity index (χ3n) is 2.91. The first kappa shape index (κ1) is 9.93. The quantitative estimate of drug-likeness (QED) is 0.658. The molecule has 0 unspecified atom stereocenters. The first-order valence-corrected chi connectivity index (χ1v) is 5.49. The topological polar surface area (TPSA) is 50.4 Å². The standard InChI is InChI=1S/C10H18N2O2/c13-10(9-2-1-7-14-9)12-8-3-5-11-6-4-8/h8-9,11H,1-7H2,(H,12,13)/t9-/m0/s1. The Kier molecular flexibility index (Phi) is 3.37. The molecule has 0 bridgehead atoms. The van der Waals surface area contributed by atoms with Crippen molar-refractivity contribution in [1.29, 1.82) is 0 Å². The van der Waals surface area contributed by atoms with E-state index in [9.17, 15) is 4.79 Å². The highest BCUT2D eigenvalue weighted by molar-refractivity contribution is 5.81. The van der Waals surface area contributed by atoms with Crippen LogP contribution in [0.2, 0.25) is 0 Å². The molecular formula is C10H18N2O2. The predicted molar refractivity (Wildman–Crippen MR) is 53.0 cm³/mol. The number of ether oxygens (including phenoxy) is 1. The van der Waals surface area contributed by atoms with Crippen LogP contribution in [0.1, 0.15) is 25.7 Å². The molecular weight excluding hydrogens is 180 g/mol. The van der Waals surface area contributed by atoms with Crippen LogP contribution in [0.5, 0.6) is 0 Å². The minimum Gasteiger partial charge on any atom is -0.368 e. The van der Waals surface area contributed by atoms with E-state index in [-0.39, 0.29) is 12.0 Å². The van der Waals surface area contributed by atoms with E-state index < -0.39 is 0 Å². The highest BCUT2D eigenvalue weighted by atomic mass is 16.5. The molecule has 0 spiro atoms. The van der Waals surface area contributed by atoms with Crippen molar-refractivity contribution in [2.75, 3.05) is 19.7 Å². The van der Waals surface area contributed by atoms with Crippen molar-refractivity contribution < 1.29 is 9.53 Å². The Balaban J connectivity index is 1.75. The lowest BCUT2D eigenvalue weighted by Crippen LogP contribution is -2.46. The number of amides is 1. The molecule has 2 aliphatic rings. The molecule has 0 radical (unpaired) electrons. The average Bonchev–Trinajstić information content (AvgIpc) is 2.72. The fourth-order valence-corrected chi connectivity index (χ4v) is 2.04. The van der Waals surface area contributed by atoms with Crippen molar-refractivity contribution >= 4 is 5.91 Å². The number of hydrogen-bond acceptors (Lipinski definition) is 3. The van der Waals surface area contributed by atoms with E-state index in [0.717, 1.165) is 45.4 Å². The number of rotatable bonds is 2. The van der Waals surface area contributed by atoms with E-state index in [1.807, 2.05) is 0 Å². The van der Waals surface area contributed by atoms with Gasteiger partial charge in [-0.25, -0.2) is 0 Å². The molecule has 0 aromatic heterocycles. The van der Waals surface area contributed by atoms with Gasteiger partial charge in [0.25, 0.3) is 0 Å². The van der Waals surface area contributed by atoms with Crippen LogP contribution in [0.3, 0.4) is 0 Å². The minimum atomic E-state index is -0.176. The largest absolute Gasteiger partial charge is 0.368 e. The Morgan fingerprint density at radius 1 is 1.29 bits per heavy atom. The zero-order chi connectivity index (χ0) is 9.80. The van der Waals surface area contributed by atoms with Crippen LogP contribution < -0.4 is 10.6 Å². The van der Waals surface area contributed by atoms with Crippen LogP contribution in [0, 0.1) is 0 Å². The molecule has 2 fully saturated rings. The van der Waals surface area contributed by atoms with E-state index in [2.05, 4.69) is 10.6 Å². The highest BCUT2D eigenvalue weighted by Crippen LogP contribution is 2.13. The highest BCUT2D eigenvalue weighted by Gasteiger charge is 2.25. The Labute approximate surface area is 84.4 Å². The maximum Gasteiger partial charge on any atom is 0.249 e. The van der Waals surface area contributed by atoms with Gasteiger partial charge in [0.15, 0.2) is 0 Å². The second-order valence-electron chi connectivity index (χ2n) is 4.03. The molecule has 4 heteroatoms. The molecule has 2 saturated heterocycles. The number of nitrogens with one attached hydrogen (secondary N) is 2. The number of piperidine rings is 1. The summed E-state index contributed by atoms with van der Waals surface area (Å²) in [6.07, 6.45) is 3.81. The minimum absolute atomic E-state index is 0.0920. The monoisotopic (exact) mass is 198 g/mol. The molecule has 0 saturated carbocycles. The van der Waals surface area contributed by atoms with Crippen molar-refractivity contribution in [2.45, 2.75) is 37.8 Å². The van der Waals surface area contributed by atoms with Crippen molar-refractivity contribution in [1.82, 2.24) is 10.6 Å². The molecule has 0 aliphatic carbocycles. The average molecular weight is 198 g/mol. The molecule has 1 amide bonds. The number of carbonyl (C=O) groups excluding carboxylic acids is 1. The molecule has 2 aliphatic heterocycles. The Hall–Kier alpha value is -0.610. The molecule has 2 rings (SSSR count). The zero-order valence-electron chi connectivity index (χ0n) is 8.42. The van der Waals surface area contributed by atoms with Gasteiger partial charge in [-0.1, -0.05) is 0 Å². The van der Waals surface area contributed by atoms with Gasteiger partial charge in [0.05, 0.1) is 0 Å². The number of carbonyl (C=O) groups is 1. The zero-order valence-corrected chi connectivity index (χ0v) is 8.42. The van der Waals surface area contributed by atoms with Gasteiger partial charge in [0.2, 0.25) is 5.91 Å².